The molecule has 2 amide bonds. The van der Waals surface area contributed by atoms with Crippen LogP contribution in [0.2, 0.25) is 0 Å². The third-order valence-electron chi connectivity index (χ3n) is 4.80. The number of amides is 2. The van der Waals surface area contributed by atoms with Gasteiger partial charge in [0.15, 0.2) is 5.11 Å². The van der Waals surface area contributed by atoms with Crippen molar-refractivity contribution < 1.29 is 19.1 Å². The van der Waals surface area contributed by atoms with E-state index in [1.807, 2.05) is 37.3 Å². The summed E-state index contributed by atoms with van der Waals surface area (Å²) in [5, 5.41) is 2.49. The Hall–Kier alpha value is -3.43. The number of rotatable bonds is 9. The number of hydrazine groups is 1. The van der Waals surface area contributed by atoms with E-state index in [0.717, 1.165) is 12.8 Å². The molecule has 0 aliphatic rings. The Morgan fingerprint density at radius 3 is 2.31 bits per heavy atom. The molecule has 0 aliphatic carbocycles. The minimum absolute atomic E-state index is 0.0467. The largest absolute Gasteiger partial charge is 0.493 e. The first kappa shape index (κ1) is 26.2. The van der Waals surface area contributed by atoms with Crippen molar-refractivity contribution in [3.8, 4) is 11.5 Å². The second kappa shape index (κ2) is 13.5. The Morgan fingerprint density at radius 1 is 0.857 bits per heavy atom. The minimum Gasteiger partial charge on any atom is -0.493 e. The number of nitrogens with one attached hydrogen (secondary N) is 3. The van der Waals surface area contributed by atoms with E-state index >= 15 is 0 Å². The number of thiocarbonyl (C=S) groups is 1. The monoisotopic (exact) mass is 555 g/mol. The van der Waals surface area contributed by atoms with Gasteiger partial charge in [0.25, 0.3) is 11.8 Å². The number of hydrogen-bond acceptors (Lipinski definition) is 5. The fraction of sp³-hybridized carbons (Fsp3) is 0.192. The molecule has 0 saturated carbocycles. The van der Waals surface area contributed by atoms with Gasteiger partial charge in [-0.25, -0.2) is 0 Å². The van der Waals surface area contributed by atoms with E-state index in [2.05, 4.69) is 32.1 Å². The third-order valence-corrected chi connectivity index (χ3v) is 5.62. The standard InChI is InChI=1S/C26H26BrN3O4S/c1-2-15-33-22-11-7-6-10-20(22)25(32)29-30-26(35)28-24(31)19-12-13-23(21(27)17-19)34-16-14-18-8-4-3-5-9-18/h3-13,17H,2,14-16H2,1H3,(H,29,32)(H2,28,30,31,35). The van der Waals surface area contributed by atoms with Gasteiger partial charge in [0.1, 0.15) is 11.5 Å². The molecule has 3 rings (SSSR count). The van der Waals surface area contributed by atoms with Crippen LogP contribution >= 0.6 is 28.1 Å². The van der Waals surface area contributed by atoms with Crippen molar-refractivity contribution in [2.75, 3.05) is 13.2 Å². The Kier molecular flexibility index (Phi) is 10.1. The van der Waals surface area contributed by atoms with Crippen LogP contribution in [-0.4, -0.2) is 30.1 Å². The van der Waals surface area contributed by atoms with Crippen molar-refractivity contribution in [1.29, 1.82) is 0 Å². The van der Waals surface area contributed by atoms with Crippen molar-refractivity contribution >= 4 is 45.1 Å². The van der Waals surface area contributed by atoms with E-state index < -0.39 is 11.8 Å². The van der Waals surface area contributed by atoms with Gasteiger partial charge in [-0.15, -0.1) is 0 Å². The van der Waals surface area contributed by atoms with Gasteiger partial charge in [-0.2, -0.15) is 0 Å². The molecule has 0 spiro atoms. The number of carbonyl (C=O) groups excluding carboxylic acids is 2. The molecule has 0 fully saturated rings. The number of carbonyl (C=O) groups is 2. The summed E-state index contributed by atoms with van der Waals surface area (Å²) in [5.74, 6) is 0.238. The van der Waals surface area contributed by atoms with Crippen molar-refractivity contribution in [3.05, 3.63) is 94.0 Å². The molecule has 3 aromatic rings. The highest BCUT2D eigenvalue weighted by Gasteiger charge is 2.14. The zero-order valence-corrected chi connectivity index (χ0v) is 21.6. The molecule has 3 N–H and O–H groups in total. The molecule has 182 valence electrons. The highest BCUT2D eigenvalue weighted by Crippen LogP contribution is 2.26. The maximum absolute atomic E-state index is 12.6. The quantitative estimate of drug-likeness (QED) is 0.259. The van der Waals surface area contributed by atoms with E-state index in [4.69, 9.17) is 21.7 Å². The third kappa shape index (κ3) is 8.08. The molecule has 0 aliphatic heterocycles. The summed E-state index contributed by atoms with van der Waals surface area (Å²) >= 11 is 8.58. The van der Waals surface area contributed by atoms with Gasteiger partial charge in [-0.1, -0.05) is 49.4 Å². The lowest BCUT2D eigenvalue weighted by atomic mass is 10.2. The van der Waals surface area contributed by atoms with Crippen LogP contribution in [0.15, 0.2) is 77.3 Å². The van der Waals surface area contributed by atoms with E-state index in [-0.39, 0.29) is 5.11 Å². The number of hydrogen-bond donors (Lipinski definition) is 3. The molecule has 0 bridgehead atoms. The van der Waals surface area contributed by atoms with E-state index in [9.17, 15) is 9.59 Å². The molecule has 9 heteroatoms. The van der Waals surface area contributed by atoms with Gasteiger partial charge in [0.05, 0.1) is 23.2 Å². The first-order valence-corrected chi connectivity index (χ1v) is 12.3. The number of halogens is 1. The van der Waals surface area contributed by atoms with Gasteiger partial charge < -0.3 is 9.47 Å². The first-order valence-electron chi connectivity index (χ1n) is 11.1. The van der Waals surface area contributed by atoms with Crippen molar-refractivity contribution in [2.24, 2.45) is 0 Å². The predicted octanol–water partition coefficient (Wildman–Crippen LogP) is 4.81. The number of ether oxygens (including phenoxy) is 2. The van der Waals surface area contributed by atoms with E-state index in [0.29, 0.717) is 40.3 Å². The molecule has 0 heterocycles. The summed E-state index contributed by atoms with van der Waals surface area (Å²) in [6.45, 7) is 2.99. The number of para-hydroxylation sites is 1. The highest BCUT2D eigenvalue weighted by atomic mass is 79.9. The van der Waals surface area contributed by atoms with Gasteiger partial charge >= 0.3 is 0 Å². The summed E-state index contributed by atoms with van der Waals surface area (Å²) in [6.07, 6.45) is 1.59. The van der Waals surface area contributed by atoms with Gasteiger partial charge in [0, 0.05) is 12.0 Å². The lowest BCUT2D eigenvalue weighted by Crippen LogP contribution is -2.48. The average molecular weight is 556 g/mol. The SMILES string of the molecule is CCCOc1ccccc1C(=O)NNC(=S)NC(=O)c1ccc(OCCc2ccccc2)c(Br)c1. The summed E-state index contributed by atoms with van der Waals surface area (Å²) in [6, 6.07) is 21.9. The van der Waals surface area contributed by atoms with E-state index in [1.54, 1.807) is 42.5 Å². The first-order chi connectivity index (χ1) is 17.0. The Bertz CT molecular complexity index is 1170. The van der Waals surface area contributed by atoms with Crippen LogP contribution in [0.3, 0.4) is 0 Å². The summed E-state index contributed by atoms with van der Waals surface area (Å²) in [7, 11) is 0. The lowest BCUT2D eigenvalue weighted by molar-refractivity contribution is 0.0931. The molecule has 0 unspecified atom stereocenters. The van der Waals surface area contributed by atoms with Crippen LogP contribution in [0.25, 0.3) is 0 Å². The molecule has 0 radical (unpaired) electrons. The fourth-order valence-electron chi connectivity index (χ4n) is 3.06. The van der Waals surface area contributed by atoms with Crippen molar-refractivity contribution in [1.82, 2.24) is 16.2 Å². The summed E-state index contributed by atoms with van der Waals surface area (Å²) < 4.78 is 12.1. The van der Waals surface area contributed by atoms with E-state index in [1.165, 1.54) is 5.56 Å². The average Bonchev–Trinajstić information content (AvgIpc) is 2.87. The van der Waals surface area contributed by atoms with Gasteiger partial charge in [-0.05, 0) is 70.5 Å². The Balaban J connectivity index is 1.49. The minimum atomic E-state index is -0.437. The molecule has 0 saturated heterocycles. The van der Waals surface area contributed by atoms with Crippen molar-refractivity contribution in [3.63, 3.8) is 0 Å². The molecule has 7 nitrogen and oxygen atoms in total. The fourth-order valence-corrected chi connectivity index (χ4v) is 3.70. The Labute approximate surface area is 218 Å². The maximum Gasteiger partial charge on any atom is 0.273 e. The second-order valence-electron chi connectivity index (χ2n) is 7.44. The Morgan fingerprint density at radius 2 is 1.57 bits per heavy atom. The number of benzene rings is 3. The smallest absolute Gasteiger partial charge is 0.273 e. The van der Waals surface area contributed by atoms with Gasteiger partial charge in [-0.3, -0.25) is 25.8 Å². The van der Waals surface area contributed by atoms with Crippen LogP contribution in [0, 0.1) is 0 Å². The maximum atomic E-state index is 12.6. The lowest BCUT2D eigenvalue weighted by Gasteiger charge is -2.14. The molecular formula is C26H26BrN3O4S. The zero-order valence-electron chi connectivity index (χ0n) is 19.2. The molecule has 35 heavy (non-hydrogen) atoms. The van der Waals surface area contributed by atoms with Gasteiger partial charge in [0.2, 0.25) is 0 Å². The zero-order chi connectivity index (χ0) is 25.0. The van der Waals surface area contributed by atoms with Crippen LogP contribution < -0.4 is 25.6 Å². The highest BCUT2D eigenvalue weighted by molar-refractivity contribution is 9.10. The molecule has 3 aromatic carbocycles. The molecule has 0 atom stereocenters. The van der Waals surface area contributed by atoms with Crippen LogP contribution in [0.1, 0.15) is 39.6 Å². The van der Waals surface area contributed by atoms with Crippen LogP contribution in [0.5, 0.6) is 11.5 Å². The van der Waals surface area contributed by atoms with Crippen molar-refractivity contribution in [2.45, 2.75) is 19.8 Å². The normalized spacial score (nSPS) is 10.2. The predicted molar refractivity (Wildman–Crippen MR) is 143 cm³/mol. The molecule has 0 aromatic heterocycles. The second-order valence-corrected chi connectivity index (χ2v) is 8.70. The summed E-state index contributed by atoms with van der Waals surface area (Å²) in [4.78, 5) is 25.1. The van der Waals surface area contributed by atoms with Crippen LogP contribution in [0.4, 0.5) is 0 Å². The topological polar surface area (TPSA) is 88.7 Å². The summed E-state index contributed by atoms with van der Waals surface area (Å²) in [5.41, 5.74) is 6.93. The van der Waals surface area contributed by atoms with Crippen LogP contribution in [-0.2, 0) is 6.42 Å². The molecular weight excluding hydrogens is 530 g/mol.